The number of hydrogen-bond donors (Lipinski definition) is 1. The van der Waals surface area contributed by atoms with E-state index < -0.39 is 0 Å². The summed E-state index contributed by atoms with van der Waals surface area (Å²) in [5, 5.41) is 12.6. The van der Waals surface area contributed by atoms with Crippen LogP contribution in [-0.2, 0) is 6.54 Å². The third-order valence-electron chi connectivity index (χ3n) is 4.06. The fourth-order valence-corrected chi connectivity index (χ4v) is 3.25. The third-order valence-corrected chi connectivity index (χ3v) is 5.16. The summed E-state index contributed by atoms with van der Waals surface area (Å²) >= 11 is 18.2. The zero-order valence-corrected chi connectivity index (χ0v) is 17.0. The van der Waals surface area contributed by atoms with Gasteiger partial charge in [0, 0.05) is 29.7 Å². The number of hydrogen-bond acceptors (Lipinski definition) is 4. The summed E-state index contributed by atoms with van der Waals surface area (Å²) in [6, 6.07) is 6.56. The van der Waals surface area contributed by atoms with Gasteiger partial charge in [0.15, 0.2) is 11.5 Å². The molecule has 0 radical (unpaired) electrons. The molecule has 9 heteroatoms. The lowest BCUT2D eigenvalue weighted by Crippen LogP contribution is -2.25. The maximum atomic E-state index is 12.2. The van der Waals surface area contributed by atoms with Gasteiger partial charge in [0.1, 0.15) is 0 Å². The number of halogens is 3. The summed E-state index contributed by atoms with van der Waals surface area (Å²) in [4.78, 5) is 12.2. The number of aromatic nitrogens is 3. The zero-order chi connectivity index (χ0) is 19.6. The van der Waals surface area contributed by atoms with Gasteiger partial charge in [0.2, 0.25) is 0 Å². The Hall–Kier alpha value is -2.02. The fourth-order valence-electron chi connectivity index (χ4n) is 2.61. The Bertz CT molecular complexity index is 981. The summed E-state index contributed by atoms with van der Waals surface area (Å²) in [6.45, 7) is 4.91. The second-order valence-electron chi connectivity index (χ2n) is 6.02. The molecule has 27 heavy (non-hydrogen) atoms. The lowest BCUT2D eigenvalue weighted by Gasteiger charge is -2.05. The van der Waals surface area contributed by atoms with Crippen LogP contribution in [-0.4, -0.2) is 27.4 Å². The summed E-state index contributed by atoms with van der Waals surface area (Å²) in [6.07, 6.45) is 0.706. The second-order valence-corrected chi connectivity index (χ2v) is 7.24. The first-order valence-electron chi connectivity index (χ1n) is 8.26. The van der Waals surface area contributed by atoms with E-state index in [4.69, 9.17) is 39.3 Å². The number of carbonyl (C=O) groups is 1. The highest BCUT2D eigenvalue weighted by Gasteiger charge is 2.15. The molecule has 0 aliphatic carbocycles. The first-order valence-corrected chi connectivity index (χ1v) is 9.40. The van der Waals surface area contributed by atoms with Gasteiger partial charge in [-0.1, -0.05) is 40.0 Å². The lowest BCUT2D eigenvalue weighted by molar-refractivity contribution is 0.0943. The van der Waals surface area contributed by atoms with Gasteiger partial charge in [-0.05, 0) is 38.5 Å². The van der Waals surface area contributed by atoms with Crippen LogP contribution in [0.4, 0.5) is 0 Å². The van der Waals surface area contributed by atoms with Crippen molar-refractivity contribution >= 4 is 40.7 Å². The van der Waals surface area contributed by atoms with E-state index in [0.29, 0.717) is 45.9 Å². The molecule has 0 aliphatic heterocycles. The third kappa shape index (κ3) is 4.46. The minimum atomic E-state index is -0.318. The molecule has 142 valence electrons. The Morgan fingerprint density at radius 3 is 2.67 bits per heavy atom. The molecule has 2 aromatic heterocycles. The topological polar surface area (TPSA) is 73.0 Å². The van der Waals surface area contributed by atoms with Crippen molar-refractivity contribution < 1.29 is 9.32 Å². The predicted molar refractivity (Wildman–Crippen MR) is 106 cm³/mol. The van der Waals surface area contributed by atoms with Crippen LogP contribution in [0.1, 0.15) is 28.3 Å². The molecule has 1 amide bonds. The molecule has 6 nitrogen and oxygen atoms in total. The number of amides is 1. The van der Waals surface area contributed by atoms with Gasteiger partial charge in [0.25, 0.3) is 5.91 Å². The highest BCUT2D eigenvalue weighted by molar-refractivity contribution is 6.36. The van der Waals surface area contributed by atoms with Crippen LogP contribution >= 0.6 is 34.8 Å². The van der Waals surface area contributed by atoms with Gasteiger partial charge >= 0.3 is 0 Å². The standard InChI is InChI=1S/C18H17Cl3N4O2/c1-10-17(21)11(2)25(23-10)7-3-6-22-18(26)15-9-16(27-24-15)13-5-4-12(19)8-14(13)20/h4-5,8-9H,3,6-7H2,1-2H3,(H,22,26). The number of benzene rings is 1. The predicted octanol–water partition coefficient (Wildman–Crippen LogP) is 4.94. The van der Waals surface area contributed by atoms with E-state index in [-0.39, 0.29) is 11.6 Å². The Morgan fingerprint density at radius 2 is 2.00 bits per heavy atom. The van der Waals surface area contributed by atoms with Gasteiger partial charge < -0.3 is 9.84 Å². The van der Waals surface area contributed by atoms with Gasteiger partial charge in [-0.25, -0.2) is 0 Å². The first kappa shape index (κ1) is 19.7. The van der Waals surface area contributed by atoms with Gasteiger partial charge in [0.05, 0.1) is 21.4 Å². The maximum absolute atomic E-state index is 12.2. The van der Waals surface area contributed by atoms with E-state index in [1.807, 2.05) is 18.5 Å². The van der Waals surface area contributed by atoms with Crippen LogP contribution in [0.3, 0.4) is 0 Å². The lowest BCUT2D eigenvalue weighted by atomic mass is 10.1. The van der Waals surface area contributed by atoms with Crippen LogP contribution in [0.2, 0.25) is 15.1 Å². The van der Waals surface area contributed by atoms with Crippen molar-refractivity contribution in [3.63, 3.8) is 0 Å². The fraction of sp³-hybridized carbons (Fsp3) is 0.278. The van der Waals surface area contributed by atoms with Gasteiger partial charge in [-0.15, -0.1) is 0 Å². The normalized spacial score (nSPS) is 11.0. The minimum Gasteiger partial charge on any atom is -0.355 e. The monoisotopic (exact) mass is 426 g/mol. The summed E-state index contributed by atoms with van der Waals surface area (Å²) < 4.78 is 7.07. The molecule has 0 unspecified atom stereocenters. The van der Waals surface area contributed by atoms with E-state index in [1.165, 1.54) is 0 Å². The van der Waals surface area contributed by atoms with Crippen LogP contribution in [0.25, 0.3) is 11.3 Å². The molecule has 0 bridgehead atoms. The first-order chi connectivity index (χ1) is 12.9. The number of aryl methyl sites for hydroxylation is 2. The Kier molecular flexibility index (Phi) is 6.09. The van der Waals surface area contributed by atoms with E-state index >= 15 is 0 Å². The molecule has 3 aromatic rings. The Labute approximate surface area is 171 Å². The minimum absolute atomic E-state index is 0.185. The number of nitrogens with one attached hydrogen (secondary N) is 1. The number of rotatable bonds is 6. The van der Waals surface area contributed by atoms with Crippen LogP contribution in [0.5, 0.6) is 0 Å². The molecule has 1 N–H and O–H groups in total. The largest absolute Gasteiger partial charge is 0.355 e. The van der Waals surface area contributed by atoms with Crippen molar-refractivity contribution in [3.05, 3.63) is 56.4 Å². The van der Waals surface area contributed by atoms with Crippen LogP contribution in [0, 0.1) is 13.8 Å². The van der Waals surface area contributed by atoms with Crippen molar-refractivity contribution in [2.75, 3.05) is 6.54 Å². The van der Waals surface area contributed by atoms with Gasteiger partial charge in [-0.3, -0.25) is 9.48 Å². The van der Waals surface area contributed by atoms with Crippen molar-refractivity contribution in [3.8, 4) is 11.3 Å². The molecular formula is C18H17Cl3N4O2. The van der Waals surface area contributed by atoms with Crippen LogP contribution in [0.15, 0.2) is 28.8 Å². The molecule has 0 atom stereocenters. The molecule has 2 heterocycles. The van der Waals surface area contributed by atoms with Crippen molar-refractivity contribution in [2.24, 2.45) is 0 Å². The van der Waals surface area contributed by atoms with Crippen LogP contribution < -0.4 is 5.32 Å². The summed E-state index contributed by atoms with van der Waals surface area (Å²) in [7, 11) is 0. The summed E-state index contributed by atoms with van der Waals surface area (Å²) in [5.74, 6) is 0.0839. The average molecular weight is 428 g/mol. The Morgan fingerprint density at radius 1 is 1.22 bits per heavy atom. The number of nitrogens with zero attached hydrogens (tertiary/aromatic N) is 3. The number of carbonyl (C=O) groups excluding carboxylic acids is 1. The molecule has 1 aromatic carbocycles. The molecule has 0 saturated carbocycles. The molecule has 0 fully saturated rings. The smallest absolute Gasteiger partial charge is 0.273 e. The second kappa shape index (κ2) is 8.33. The molecule has 0 spiro atoms. The maximum Gasteiger partial charge on any atom is 0.273 e. The highest BCUT2D eigenvalue weighted by atomic mass is 35.5. The molecule has 0 saturated heterocycles. The van der Waals surface area contributed by atoms with Crippen molar-refractivity contribution in [1.82, 2.24) is 20.3 Å². The molecular weight excluding hydrogens is 411 g/mol. The van der Waals surface area contributed by atoms with Gasteiger partial charge in [-0.2, -0.15) is 5.10 Å². The molecule has 0 aliphatic rings. The SMILES string of the molecule is Cc1nn(CCCNC(=O)c2cc(-c3ccc(Cl)cc3Cl)on2)c(C)c1Cl. The quantitative estimate of drug-likeness (QED) is 0.566. The van der Waals surface area contributed by atoms with E-state index in [9.17, 15) is 4.79 Å². The van der Waals surface area contributed by atoms with Crippen molar-refractivity contribution in [1.29, 1.82) is 0 Å². The summed E-state index contributed by atoms with van der Waals surface area (Å²) in [5.41, 5.74) is 2.52. The van der Waals surface area contributed by atoms with E-state index in [0.717, 1.165) is 11.4 Å². The Balaban J connectivity index is 1.56. The van der Waals surface area contributed by atoms with E-state index in [1.54, 1.807) is 24.3 Å². The highest BCUT2D eigenvalue weighted by Crippen LogP contribution is 2.30. The van der Waals surface area contributed by atoms with E-state index in [2.05, 4.69) is 15.6 Å². The van der Waals surface area contributed by atoms with Crippen molar-refractivity contribution in [2.45, 2.75) is 26.8 Å². The molecule has 3 rings (SSSR count). The zero-order valence-electron chi connectivity index (χ0n) is 14.7. The average Bonchev–Trinajstić information content (AvgIpc) is 3.20.